The summed E-state index contributed by atoms with van der Waals surface area (Å²) in [6.45, 7) is 9.50. The van der Waals surface area contributed by atoms with Crippen LogP contribution in [0.25, 0.3) is 88.0 Å². The first-order chi connectivity index (χ1) is 31.3. The molecule has 11 aromatic rings. The topological polar surface area (TPSA) is 16.4 Å². The van der Waals surface area contributed by atoms with E-state index in [0.717, 1.165) is 55.5 Å². The molecule has 0 saturated carbocycles. The zero-order chi connectivity index (χ0) is 42.9. The minimum atomic E-state index is -0.171. The van der Waals surface area contributed by atoms with Crippen LogP contribution in [0.15, 0.2) is 205 Å². The van der Waals surface area contributed by atoms with Gasteiger partial charge in [-0.15, -0.1) is 0 Å². The highest BCUT2D eigenvalue weighted by Crippen LogP contribution is 2.55. The lowest BCUT2D eigenvalue weighted by atomic mass is 9.82. The number of hydrogen-bond donors (Lipinski definition) is 0. The number of nitrogens with zero attached hydrogens (tertiary/aromatic N) is 1. The van der Waals surface area contributed by atoms with Crippen molar-refractivity contribution in [2.24, 2.45) is 0 Å². The highest BCUT2D eigenvalue weighted by atomic mass is 16.3. The first-order valence-electron chi connectivity index (χ1n) is 22.5. The molecule has 0 saturated heterocycles. The molecule has 0 fully saturated rings. The van der Waals surface area contributed by atoms with Gasteiger partial charge in [-0.05, 0) is 114 Å². The smallest absolute Gasteiger partial charge is 0.143 e. The zero-order valence-corrected chi connectivity index (χ0v) is 36.4. The van der Waals surface area contributed by atoms with Crippen LogP contribution >= 0.6 is 0 Å². The van der Waals surface area contributed by atoms with Gasteiger partial charge in [-0.2, -0.15) is 0 Å². The quantitative estimate of drug-likeness (QED) is 0.161. The van der Waals surface area contributed by atoms with Crippen molar-refractivity contribution in [3.63, 3.8) is 0 Å². The molecular formula is C62H45NO. The summed E-state index contributed by atoms with van der Waals surface area (Å²) < 4.78 is 7.10. The van der Waals surface area contributed by atoms with E-state index in [1.165, 1.54) is 71.8 Å². The number of hydrogen-bond acceptors (Lipinski definition) is 2. The molecule has 2 aliphatic rings. The standard InChI is InChI=1S/C62H45NO/c1-61(2)53-24-14-12-20-45(53)47-32-30-41(34-55(47)61)63(42-31-33-48-46-21-13-15-25-54(46)62(3,4)56(48)35-42)57-36-52-58(37-51(57)40-28-26-39(27-29-40)38-16-6-5-7-17-38)64-60-50-23-11-9-19-44(50)43-18-8-10-22-49(43)59(52)60/h5-37H,1-4H3. The number of fused-ring (bicyclic) bond motifs is 14. The van der Waals surface area contributed by atoms with E-state index < -0.39 is 0 Å². The van der Waals surface area contributed by atoms with Crippen molar-refractivity contribution in [2.75, 3.05) is 4.90 Å². The molecule has 0 unspecified atom stereocenters. The molecule has 0 N–H and O–H groups in total. The van der Waals surface area contributed by atoms with Crippen molar-refractivity contribution < 1.29 is 4.42 Å². The second-order valence-corrected chi connectivity index (χ2v) is 18.8. The maximum atomic E-state index is 7.10. The number of anilines is 3. The van der Waals surface area contributed by atoms with Crippen LogP contribution in [0.5, 0.6) is 0 Å². The molecule has 13 rings (SSSR count). The largest absolute Gasteiger partial charge is 0.455 e. The molecule has 0 amide bonds. The van der Waals surface area contributed by atoms with E-state index in [-0.39, 0.29) is 10.8 Å². The zero-order valence-electron chi connectivity index (χ0n) is 36.4. The summed E-state index contributed by atoms with van der Waals surface area (Å²) >= 11 is 0. The Morgan fingerprint density at radius 3 is 1.42 bits per heavy atom. The summed E-state index contributed by atoms with van der Waals surface area (Å²) in [7, 11) is 0. The summed E-state index contributed by atoms with van der Waals surface area (Å²) in [5.74, 6) is 0. The van der Waals surface area contributed by atoms with E-state index >= 15 is 0 Å². The van der Waals surface area contributed by atoms with Crippen LogP contribution in [0.4, 0.5) is 17.1 Å². The Kier molecular flexibility index (Phi) is 7.74. The third-order valence-electron chi connectivity index (χ3n) is 14.7. The Bertz CT molecular complexity index is 3610. The molecule has 0 atom stereocenters. The molecule has 304 valence electrons. The minimum absolute atomic E-state index is 0.171. The summed E-state index contributed by atoms with van der Waals surface area (Å²) in [4.78, 5) is 2.53. The van der Waals surface area contributed by atoms with Gasteiger partial charge in [0.05, 0.1) is 5.69 Å². The summed E-state index contributed by atoms with van der Waals surface area (Å²) in [6.07, 6.45) is 0. The summed E-state index contributed by atoms with van der Waals surface area (Å²) in [5.41, 5.74) is 20.1. The predicted octanol–water partition coefficient (Wildman–Crippen LogP) is 17.3. The minimum Gasteiger partial charge on any atom is -0.455 e. The van der Waals surface area contributed by atoms with E-state index in [4.69, 9.17) is 4.42 Å². The molecule has 1 heterocycles. The third-order valence-corrected chi connectivity index (χ3v) is 14.7. The van der Waals surface area contributed by atoms with Gasteiger partial charge in [0.1, 0.15) is 11.2 Å². The maximum Gasteiger partial charge on any atom is 0.143 e. The van der Waals surface area contributed by atoms with Gasteiger partial charge in [-0.3, -0.25) is 0 Å². The molecular weight excluding hydrogens is 775 g/mol. The van der Waals surface area contributed by atoms with Gasteiger partial charge in [0.15, 0.2) is 0 Å². The van der Waals surface area contributed by atoms with E-state index in [1.54, 1.807) is 0 Å². The van der Waals surface area contributed by atoms with E-state index in [0.29, 0.717) is 0 Å². The van der Waals surface area contributed by atoms with Crippen LogP contribution in [0.1, 0.15) is 49.9 Å². The molecule has 0 bridgehead atoms. The van der Waals surface area contributed by atoms with Crippen molar-refractivity contribution in [3.05, 3.63) is 222 Å². The predicted molar refractivity (Wildman–Crippen MR) is 269 cm³/mol. The highest BCUT2D eigenvalue weighted by Gasteiger charge is 2.38. The van der Waals surface area contributed by atoms with Gasteiger partial charge < -0.3 is 9.32 Å². The van der Waals surface area contributed by atoms with Gasteiger partial charge in [-0.25, -0.2) is 0 Å². The maximum absolute atomic E-state index is 7.10. The number of furan rings is 1. The van der Waals surface area contributed by atoms with Crippen molar-refractivity contribution in [3.8, 4) is 44.5 Å². The van der Waals surface area contributed by atoms with Crippen LogP contribution in [0, 0.1) is 0 Å². The fourth-order valence-electron chi connectivity index (χ4n) is 11.4. The molecule has 2 nitrogen and oxygen atoms in total. The first-order valence-corrected chi connectivity index (χ1v) is 22.5. The Labute approximate surface area is 373 Å². The second-order valence-electron chi connectivity index (χ2n) is 18.8. The average molecular weight is 820 g/mol. The summed E-state index contributed by atoms with van der Waals surface area (Å²) in [5, 5.41) is 7.00. The van der Waals surface area contributed by atoms with Crippen LogP contribution in [-0.2, 0) is 10.8 Å². The van der Waals surface area contributed by atoms with Gasteiger partial charge in [0.2, 0.25) is 0 Å². The lowest BCUT2D eigenvalue weighted by Gasteiger charge is -2.31. The molecule has 2 heteroatoms. The van der Waals surface area contributed by atoms with Gasteiger partial charge in [-0.1, -0.05) is 191 Å². The fraction of sp³-hybridized carbons (Fsp3) is 0.0968. The summed E-state index contributed by atoms with van der Waals surface area (Å²) in [6, 6.07) is 74.1. The second kappa shape index (κ2) is 13.4. The number of benzene rings is 10. The average Bonchev–Trinajstić information content (AvgIpc) is 3.91. The molecule has 0 radical (unpaired) electrons. The Morgan fingerprint density at radius 2 is 0.812 bits per heavy atom. The molecule has 1 aromatic heterocycles. The molecule has 2 aliphatic carbocycles. The lowest BCUT2D eigenvalue weighted by Crippen LogP contribution is -2.18. The van der Waals surface area contributed by atoms with Gasteiger partial charge in [0, 0.05) is 43.9 Å². The van der Waals surface area contributed by atoms with Crippen LogP contribution in [0.3, 0.4) is 0 Å². The number of rotatable bonds is 5. The highest BCUT2D eigenvalue weighted by molar-refractivity contribution is 6.30. The van der Waals surface area contributed by atoms with Gasteiger partial charge >= 0.3 is 0 Å². The van der Waals surface area contributed by atoms with Crippen LogP contribution < -0.4 is 4.90 Å². The third kappa shape index (κ3) is 5.20. The Morgan fingerprint density at radius 1 is 0.344 bits per heavy atom. The fourth-order valence-corrected chi connectivity index (χ4v) is 11.4. The van der Waals surface area contributed by atoms with Crippen LogP contribution in [-0.4, -0.2) is 0 Å². The van der Waals surface area contributed by atoms with Crippen LogP contribution in [0.2, 0.25) is 0 Å². The van der Waals surface area contributed by atoms with Crippen molar-refractivity contribution in [2.45, 2.75) is 38.5 Å². The normalized spacial score (nSPS) is 14.2. The van der Waals surface area contributed by atoms with Crippen molar-refractivity contribution >= 4 is 60.5 Å². The van der Waals surface area contributed by atoms with Crippen molar-refractivity contribution in [1.29, 1.82) is 0 Å². The van der Waals surface area contributed by atoms with Crippen molar-refractivity contribution in [1.82, 2.24) is 0 Å². The molecule has 64 heavy (non-hydrogen) atoms. The first kappa shape index (κ1) is 36.9. The Balaban J connectivity index is 1.13. The monoisotopic (exact) mass is 819 g/mol. The molecule has 0 aliphatic heterocycles. The lowest BCUT2D eigenvalue weighted by molar-refractivity contribution is 0.660. The Hall–Kier alpha value is -7.68. The van der Waals surface area contributed by atoms with E-state index in [2.05, 4.69) is 233 Å². The molecule has 10 aromatic carbocycles. The molecule has 0 spiro atoms. The van der Waals surface area contributed by atoms with E-state index in [9.17, 15) is 0 Å². The SMILES string of the molecule is CC1(C)c2ccccc2-c2ccc(N(c3ccc4c(c3)C(C)(C)c3ccccc3-4)c3cc4c(cc3-c3ccc(-c5ccccc5)cc3)oc3c5ccccc5c5ccccc5c43)cc21. The van der Waals surface area contributed by atoms with E-state index in [1.807, 2.05) is 0 Å². The van der Waals surface area contributed by atoms with Gasteiger partial charge in [0.25, 0.3) is 0 Å².